The number of nitrogens with one attached hydrogen (secondary N) is 1. The number of hydrogen-bond donors (Lipinski definition) is 1. The van der Waals surface area contributed by atoms with Crippen LogP contribution in [0.1, 0.15) is 12.5 Å². The van der Waals surface area contributed by atoms with Crippen molar-refractivity contribution in [1.82, 2.24) is 10.2 Å². The number of hydrogen-bond acceptors (Lipinski definition) is 2. The summed E-state index contributed by atoms with van der Waals surface area (Å²) >= 11 is 0. The molecular formula is C14H21FN2. The van der Waals surface area contributed by atoms with Gasteiger partial charge in [0.05, 0.1) is 0 Å². The van der Waals surface area contributed by atoms with Crippen LogP contribution in [0.3, 0.4) is 0 Å². The molecule has 1 aromatic rings. The molecule has 3 heteroatoms. The second-order valence-corrected chi connectivity index (χ2v) is 4.76. The van der Waals surface area contributed by atoms with E-state index >= 15 is 0 Å². The molecule has 1 aliphatic rings. The highest BCUT2D eigenvalue weighted by Gasteiger charge is 2.31. The van der Waals surface area contributed by atoms with Gasteiger partial charge < -0.3 is 5.32 Å². The summed E-state index contributed by atoms with van der Waals surface area (Å²) in [6.07, 6.45) is -0.683. The van der Waals surface area contributed by atoms with Gasteiger partial charge in [0.1, 0.15) is 6.17 Å². The van der Waals surface area contributed by atoms with Crippen molar-refractivity contribution in [3.63, 3.8) is 0 Å². The average molecular weight is 236 g/mol. The van der Waals surface area contributed by atoms with Crippen molar-refractivity contribution in [2.24, 2.45) is 5.92 Å². The number of likely N-dealkylation sites (tertiary alicyclic amines) is 1. The molecule has 1 saturated heterocycles. The van der Waals surface area contributed by atoms with Crippen LogP contribution in [0.4, 0.5) is 4.39 Å². The Balaban J connectivity index is 1.84. The van der Waals surface area contributed by atoms with Crippen molar-refractivity contribution in [1.29, 1.82) is 0 Å². The fraction of sp³-hybridized carbons (Fsp3) is 0.571. The molecule has 17 heavy (non-hydrogen) atoms. The molecule has 2 nitrogen and oxygen atoms in total. The largest absolute Gasteiger partial charge is 0.317 e. The highest BCUT2D eigenvalue weighted by molar-refractivity contribution is 5.14. The highest BCUT2D eigenvalue weighted by atomic mass is 19.1. The Bertz CT molecular complexity index is 328. The molecule has 1 aliphatic heterocycles. The molecule has 1 aromatic carbocycles. The van der Waals surface area contributed by atoms with E-state index in [4.69, 9.17) is 0 Å². The predicted molar refractivity (Wildman–Crippen MR) is 68.6 cm³/mol. The van der Waals surface area contributed by atoms with E-state index in [0.717, 1.165) is 26.2 Å². The standard InChI is InChI=1S/C14H21FN2/c1-2-16-8-13-10-17(11-14(13)15)9-12-6-4-3-5-7-12/h3-7,13-14,16H,2,8-11H2,1H3/t13-,14+/m0/s1. The predicted octanol–water partition coefficient (Wildman–Crippen LogP) is 2.07. The molecule has 1 N–H and O–H groups in total. The molecule has 0 saturated carbocycles. The molecule has 0 amide bonds. The Morgan fingerprint density at radius 3 is 2.76 bits per heavy atom. The SMILES string of the molecule is CCNC[C@H]1CN(Cc2ccccc2)C[C@H]1F. The molecule has 0 aromatic heterocycles. The van der Waals surface area contributed by atoms with Crippen molar-refractivity contribution < 1.29 is 4.39 Å². The zero-order valence-electron chi connectivity index (χ0n) is 10.4. The summed E-state index contributed by atoms with van der Waals surface area (Å²) in [5.41, 5.74) is 1.27. The Morgan fingerprint density at radius 2 is 2.06 bits per heavy atom. The van der Waals surface area contributed by atoms with Crippen molar-refractivity contribution in [3.05, 3.63) is 35.9 Å². The molecule has 0 aliphatic carbocycles. The molecule has 0 bridgehead atoms. The maximum Gasteiger partial charge on any atom is 0.118 e. The smallest absolute Gasteiger partial charge is 0.118 e. The van der Waals surface area contributed by atoms with Gasteiger partial charge in [-0.05, 0) is 12.1 Å². The summed E-state index contributed by atoms with van der Waals surface area (Å²) < 4.78 is 13.8. The minimum atomic E-state index is -0.683. The molecular weight excluding hydrogens is 215 g/mol. The van der Waals surface area contributed by atoms with Gasteiger partial charge in [-0.25, -0.2) is 4.39 Å². The summed E-state index contributed by atoms with van der Waals surface area (Å²) in [5, 5.41) is 3.24. The fourth-order valence-corrected chi connectivity index (χ4v) is 2.41. The molecule has 0 unspecified atom stereocenters. The normalized spacial score (nSPS) is 25.3. The van der Waals surface area contributed by atoms with Crippen molar-refractivity contribution in [2.75, 3.05) is 26.2 Å². The van der Waals surface area contributed by atoms with Gasteiger partial charge >= 0.3 is 0 Å². The van der Waals surface area contributed by atoms with Crippen LogP contribution >= 0.6 is 0 Å². The Morgan fingerprint density at radius 1 is 1.29 bits per heavy atom. The summed E-state index contributed by atoms with van der Waals surface area (Å²) in [4.78, 5) is 2.21. The van der Waals surface area contributed by atoms with Crippen LogP contribution in [-0.2, 0) is 6.54 Å². The van der Waals surface area contributed by atoms with Crippen LogP contribution in [0.25, 0.3) is 0 Å². The van der Waals surface area contributed by atoms with Gasteiger partial charge in [-0.2, -0.15) is 0 Å². The Kier molecular flexibility index (Phi) is 4.51. The van der Waals surface area contributed by atoms with Crippen molar-refractivity contribution >= 4 is 0 Å². The topological polar surface area (TPSA) is 15.3 Å². The monoisotopic (exact) mass is 236 g/mol. The second-order valence-electron chi connectivity index (χ2n) is 4.76. The van der Waals surface area contributed by atoms with Crippen molar-refractivity contribution in [2.45, 2.75) is 19.6 Å². The van der Waals surface area contributed by atoms with Crippen LogP contribution in [0.15, 0.2) is 30.3 Å². The van der Waals surface area contributed by atoms with E-state index in [1.165, 1.54) is 5.56 Å². The van der Waals surface area contributed by atoms with E-state index in [1.807, 2.05) is 18.2 Å². The first-order chi connectivity index (χ1) is 8.29. The third kappa shape index (κ3) is 3.51. The highest BCUT2D eigenvalue weighted by Crippen LogP contribution is 2.21. The summed E-state index contributed by atoms with van der Waals surface area (Å²) in [5.74, 6) is 0.152. The minimum absolute atomic E-state index is 0.152. The van der Waals surface area contributed by atoms with Gasteiger partial charge in [-0.1, -0.05) is 37.3 Å². The minimum Gasteiger partial charge on any atom is -0.317 e. The maximum absolute atomic E-state index is 13.8. The zero-order chi connectivity index (χ0) is 12.1. The quantitative estimate of drug-likeness (QED) is 0.842. The van der Waals surface area contributed by atoms with Crippen LogP contribution in [0.5, 0.6) is 0 Å². The molecule has 2 atom stereocenters. The van der Waals surface area contributed by atoms with Gasteiger partial charge in [0.15, 0.2) is 0 Å². The fourth-order valence-electron chi connectivity index (χ4n) is 2.41. The third-order valence-electron chi connectivity index (χ3n) is 3.34. The second kappa shape index (κ2) is 6.12. The Labute approximate surface area is 103 Å². The number of nitrogens with zero attached hydrogens (tertiary/aromatic N) is 1. The van der Waals surface area contributed by atoms with Crippen LogP contribution in [-0.4, -0.2) is 37.3 Å². The van der Waals surface area contributed by atoms with Gasteiger partial charge in [0, 0.05) is 32.1 Å². The van der Waals surface area contributed by atoms with Crippen LogP contribution in [0, 0.1) is 5.92 Å². The summed E-state index contributed by atoms with van der Waals surface area (Å²) in [6.45, 7) is 6.08. The summed E-state index contributed by atoms with van der Waals surface area (Å²) in [6, 6.07) is 10.3. The molecule has 0 radical (unpaired) electrons. The lowest BCUT2D eigenvalue weighted by atomic mass is 10.1. The van der Waals surface area contributed by atoms with E-state index in [9.17, 15) is 4.39 Å². The first kappa shape index (κ1) is 12.5. The Hall–Kier alpha value is -0.930. The molecule has 0 spiro atoms. The number of halogens is 1. The number of rotatable bonds is 5. The van der Waals surface area contributed by atoms with Gasteiger partial charge in [-0.3, -0.25) is 4.90 Å². The molecule has 94 valence electrons. The summed E-state index contributed by atoms with van der Waals surface area (Å²) in [7, 11) is 0. The zero-order valence-corrected chi connectivity index (χ0v) is 10.4. The third-order valence-corrected chi connectivity index (χ3v) is 3.34. The average Bonchev–Trinajstić information content (AvgIpc) is 2.68. The van der Waals surface area contributed by atoms with Crippen molar-refractivity contribution in [3.8, 4) is 0 Å². The number of benzene rings is 1. The van der Waals surface area contributed by atoms with E-state index in [0.29, 0.717) is 6.54 Å². The van der Waals surface area contributed by atoms with E-state index in [-0.39, 0.29) is 5.92 Å². The lowest BCUT2D eigenvalue weighted by molar-refractivity contribution is 0.266. The van der Waals surface area contributed by atoms with Gasteiger partial charge in [-0.15, -0.1) is 0 Å². The first-order valence-electron chi connectivity index (χ1n) is 6.40. The lowest BCUT2D eigenvalue weighted by Crippen LogP contribution is -2.28. The lowest BCUT2D eigenvalue weighted by Gasteiger charge is -2.15. The van der Waals surface area contributed by atoms with Crippen LogP contribution in [0.2, 0.25) is 0 Å². The van der Waals surface area contributed by atoms with E-state index in [1.54, 1.807) is 0 Å². The van der Waals surface area contributed by atoms with Crippen LogP contribution < -0.4 is 5.32 Å². The van der Waals surface area contributed by atoms with E-state index in [2.05, 4.69) is 29.3 Å². The van der Waals surface area contributed by atoms with Gasteiger partial charge in [0.25, 0.3) is 0 Å². The first-order valence-corrected chi connectivity index (χ1v) is 6.40. The number of alkyl halides is 1. The molecule has 1 fully saturated rings. The van der Waals surface area contributed by atoms with Gasteiger partial charge in [0.2, 0.25) is 0 Å². The molecule has 2 rings (SSSR count). The maximum atomic E-state index is 13.8. The van der Waals surface area contributed by atoms with E-state index < -0.39 is 6.17 Å². The molecule has 1 heterocycles.